The smallest absolute Gasteiger partial charge is 0.0559 e. The Hall–Kier alpha value is -5.86. The average molecular weight is 833 g/mol. The van der Waals surface area contributed by atoms with Gasteiger partial charge in [0.05, 0.1) is 12.1 Å². The number of rotatable bonds is 8. The third kappa shape index (κ3) is 6.04. The molecule has 0 aliphatic heterocycles. The molecule has 64 heavy (non-hydrogen) atoms. The summed E-state index contributed by atoms with van der Waals surface area (Å²) >= 11 is 0. The van der Waals surface area contributed by atoms with Gasteiger partial charge in [-0.1, -0.05) is 151 Å². The van der Waals surface area contributed by atoms with Gasteiger partial charge in [-0.2, -0.15) is 0 Å². The van der Waals surface area contributed by atoms with Crippen LogP contribution in [0.2, 0.25) is 0 Å². The van der Waals surface area contributed by atoms with Crippen LogP contribution in [0.15, 0.2) is 208 Å². The third-order valence-electron chi connectivity index (χ3n) is 16.6. The summed E-state index contributed by atoms with van der Waals surface area (Å²) in [5.74, 6) is 2.18. The van der Waals surface area contributed by atoms with Crippen molar-refractivity contribution in [3.05, 3.63) is 224 Å². The average Bonchev–Trinajstić information content (AvgIpc) is 3.88. The number of anilines is 1. The number of hydrogen-bond acceptors (Lipinski definition) is 2. The highest BCUT2D eigenvalue weighted by Gasteiger charge is 2.58. The molecule has 1 aromatic carbocycles. The minimum absolute atomic E-state index is 0.297. The molecule has 0 heterocycles. The molecular weight excluding hydrogens is 773 g/mol. The van der Waals surface area contributed by atoms with Gasteiger partial charge in [0.2, 0.25) is 0 Å². The molecule has 0 saturated heterocycles. The fraction of sp³-hybridized carbons (Fsp3) is 0.323. The molecule has 1 saturated carbocycles. The van der Waals surface area contributed by atoms with Crippen LogP contribution in [0.25, 0.3) is 17.2 Å². The van der Waals surface area contributed by atoms with Crippen molar-refractivity contribution >= 4 is 22.9 Å². The predicted octanol–water partition coefficient (Wildman–Crippen LogP) is 13.3. The molecule has 1 fully saturated rings. The fourth-order valence-corrected chi connectivity index (χ4v) is 14.2. The molecule has 2 nitrogen and oxygen atoms in total. The molecule has 0 amide bonds. The van der Waals surface area contributed by atoms with Gasteiger partial charge in [0, 0.05) is 39.8 Å². The van der Waals surface area contributed by atoms with E-state index in [2.05, 4.69) is 174 Å². The number of benzene rings is 1. The van der Waals surface area contributed by atoms with Gasteiger partial charge in [-0.05, 0) is 169 Å². The van der Waals surface area contributed by atoms with Gasteiger partial charge in [-0.25, -0.2) is 0 Å². The first-order valence-corrected chi connectivity index (χ1v) is 25.0. The zero-order valence-corrected chi connectivity index (χ0v) is 37.2. The molecular formula is C62H60N2. The van der Waals surface area contributed by atoms with E-state index in [-0.39, 0.29) is 0 Å². The van der Waals surface area contributed by atoms with Crippen molar-refractivity contribution in [1.82, 2.24) is 4.90 Å². The van der Waals surface area contributed by atoms with Crippen molar-refractivity contribution in [1.29, 1.82) is 0 Å². The normalized spacial score (nSPS) is 31.1. The van der Waals surface area contributed by atoms with Crippen LogP contribution in [0.4, 0.5) is 5.69 Å². The van der Waals surface area contributed by atoms with Crippen LogP contribution < -0.4 is 15.3 Å². The van der Waals surface area contributed by atoms with Gasteiger partial charge < -0.3 is 9.80 Å². The zero-order valence-electron chi connectivity index (χ0n) is 37.2. The van der Waals surface area contributed by atoms with Crippen LogP contribution in [-0.2, 0) is 0 Å². The number of allylic oxidation sites excluding steroid dienone is 27. The molecule has 12 aliphatic rings. The maximum absolute atomic E-state index is 2.76. The van der Waals surface area contributed by atoms with E-state index in [0.29, 0.717) is 41.7 Å². The number of hydrogen-bond donors (Lipinski definition) is 0. The second-order valence-corrected chi connectivity index (χ2v) is 19.9. The van der Waals surface area contributed by atoms with E-state index < -0.39 is 0 Å². The zero-order chi connectivity index (χ0) is 42.1. The van der Waals surface area contributed by atoms with Crippen LogP contribution in [0.1, 0.15) is 89.0 Å². The maximum Gasteiger partial charge on any atom is 0.0559 e. The highest BCUT2D eigenvalue weighted by atomic mass is 15.2. The second-order valence-electron chi connectivity index (χ2n) is 19.9. The second kappa shape index (κ2) is 16.0. The van der Waals surface area contributed by atoms with Crippen LogP contribution in [0.5, 0.6) is 0 Å². The lowest BCUT2D eigenvalue weighted by Crippen LogP contribution is -2.41. The summed E-state index contributed by atoms with van der Waals surface area (Å²) < 4.78 is 0. The van der Waals surface area contributed by atoms with Gasteiger partial charge in [0.1, 0.15) is 0 Å². The van der Waals surface area contributed by atoms with Crippen LogP contribution in [0, 0.1) is 29.6 Å². The number of nitrogens with zero attached hydrogens (tertiary/aromatic N) is 2. The van der Waals surface area contributed by atoms with Gasteiger partial charge in [-0.15, -0.1) is 0 Å². The molecule has 7 atom stereocenters. The van der Waals surface area contributed by atoms with E-state index in [0.717, 1.165) is 83.5 Å². The fourth-order valence-electron chi connectivity index (χ4n) is 14.2. The highest BCUT2D eigenvalue weighted by Crippen LogP contribution is 2.67. The highest BCUT2D eigenvalue weighted by molar-refractivity contribution is 6.05. The largest absolute Gasteiger partial charge is 0.338 e. The Bertz CT molecular complexity index is 2900. The Morgan fingerprint density at radius 3 is 1.89 bits per heavy atom. The Balaban J connectivity index is 1.04. The van der Waals surface area contributed by atoms with Crippen molar-refractivity contribution in [2.75, 3.05) is 4.90 Å². The Morgan fingerprint density at radius 2 is 1.22 bits per heavy atom. The number of fused-ring (bicyclic) bond motifs is 6. The summed E-state index contributed by atoms with van der Waals surface area (Å²) in [6.07, 6.45) is 75.2. The SMILES string of the molecule is C1=CCCC(C2=C3C(=C(C4=CC=CCC4)C4C2C2=CC=CC5C(N(C6=CCCC=C6)C6C=CC=CC6)=CCC4C25)C2=c4c3ccc(N(C3=CCCC=C3)C3C=CC=CC3)c4=CCC2)=C1. The van der Waals surface area contributed by atoms with Crippen molar-refractivity contribution < 1.29 is 0 Å². The van der Waals surface area contributed by atoms with Crippen LogP contribution in [0.3, 0.4) is 0 Å². The first-order valence-electron chi connectivity index (χ1n) is 25.0. The molecule has 13 rings (SSSR count). The molecule has 1 aromatic rings. The maximum atomic E-state index is 2.76. The minimum atomic E-state index is 0.297. The lowest BCUT2D eigenvalue weighted by atomic mass is 9.63. The summed E-state index contributed by atoms with van der Waals surface area (Å²) in [5, 5.41) is 3.01. The molecule has 0 spiro atoms. The Labute approximate surface area is 380 Å². The van der Waals surface area contributed by atoms with Gasteiger partial charge in [-0.3, -0.25) is 0 Å². The Morgan fingerprint density at radius 1 is 0.500 bits per heavy atom. The Kier molecular flexibility index (Phi) is 9.64. The molecule has 7 unspecified atom stereocenters. The van der Waals surface area contributed by atoms with Gasteiger partial charge in [0.25, 0.3) is 0 Å². The predicted molar refractivity (Wildman–Crippen MR) is 268 cm³/mol. The molecule has 318 valence electrons. The van der Waals surface area contributed by atoms with Crippen molar-refractivity contribution in [3.63, 3.8) is 0 Å². The van der Waals surface area contributed by atoms with Gasteiger partial charge in [0.15, 0.2) is 0 Å². The van der Waals surface area contributed by atoms with Crippen molar-refractivity contribution in [2.24, 2.45) is 29.6 Å². The monoisotopic (exact) mass is 832 g/mol. The summed E-state index contributed by atoms with van der Waals surface area (Å²) in [6.45, 7) is 0. The summed E-state index contributed by atoms with van der Waals surface area (Å²) in [4.78, 5) is 5.44. The van der Waals surface area contributed by atoms with E-state index in [1.165, 1.54) is 33.6 Å². The molecule has 0 aromatic heterocycles. The molecule has 0 N–H and O–H groups in total. The molecule has 12 aliphatic carbocycles. The van der Waals surface area contributed by atoms with E-state index in [1.54, 1.807) is 49.8 Å². The van der Waals surface area contributed by atoms with Gasteiger partial charge >= 0.3 is 0 Å². The first kappa shape index (κ1) is 38.6. The lowest BCUT2D eigenvalue weighted by Gasteiger charge is -2.45. The van der Waals surface area contributed by atoms with Crippen LogP contribution in [-0.4, -0.2) is 17.0 Å². The van der Waals surface area contributed by atoms with E-state index >= 15 is 0 Å². The van der Waals surface area contributed by atoms with E-state index in [9.17, 15) is 0 Å². The quantitative estimate of drug-likeness (QED) is 0.257. The van der Waals surface area contributed by atoms with E-state index in [1.807, 2.05) is 0 Å². The van der Waals surface area contributed by atoms with Crippen molar-refractivity contribution in [2.45, 2.75) is 95.6 Å². The lowest BCUT2D eigenvalue weighted by molar-refractivity contribution is 0.237. The third-order valence-corrected chi connectivity index (χ3v) is 16.6. The molecule has 2 heteroatoms. The molecule has 0 bridgehead atoms. The topological polar surface area (TPSA) is 6.48 Å². The van der Waals surface area contributed by atoms with E-state index in [4.69, 9.17) is 0 Å². The molecule has 0 radical (unpaired) electrons. The standard InChI is InChI=1S/C62H60N2/c1-7-21-41(22-8-1)55-59-49-35-19-33-47-54(64(45-29-15-5-16-30-45)46-31-17-6-18-32-46)40-38-52(57(47)49)62(59)56(42-23-9-2-10-24-42)60-50-36-20-34-48-53(39-37-51(58(48)50)61(55)60)63(43-25-11-3-12-26-43)44-27-13-4-14-28-44/h1-3,5,7,9,11-13,15-17,19,21,23,25,27-29,31-35,37,39-40,43,45,47,52,57,59,62H,4,6,8,10,14,18,20,22,24,26,30,36,38H2. The summed E-state index contributed by atoms with van der Waals surface area (Å²) in [6, 6.07) is 5.75. The van der Waals surface area contributed by atoms with Crippen LogP contribution >= 0.6 is 0 Å². The summed E-state index contributed by atoms with van der Waals surface area (Å²) in [7, 11) is 0. The van der Waals surface area contributed by atoms with Crippen molar-refractivity contribution in [3.8, 4) is 0 Å². The summed E-state index contributed by atoms with van der Waals surface area (Å²) in [5.41, 5.74) is 20.3. The minimum Gasteiger partial charge on any atom is -0.338 e. The first-order chi connectivity index (χ1) is 31.8.